The molecule has 0 aliphatic heterocycles. The highest BCUT2D eigenvalue weighted by Crippen LogP contribution is 2.57. The molecule has 1 nitrogen and oxygen atoms in total. The van der Waals surface area contributed by atoms with Gasteiger partial charge in [0.15, 0.2) is 0 Å². The van der Waals surface area contributed by atoms with Gasteiger partial charge in [-0.05, 0) is 79.2 Å². The third-order valence-electron chi connectivity index (χ3n) is 7.03. The van der Waals surface area contributed by atoms with E-state index in [-0.39, 0.29) is 0 Å². The van der Waals surface area contributed by atoms with Crippen molar-refractivity contribution in [3.63, 3.8) is 0 Å². The second-order valence-corrected chi connectivity index (χ2v) is 8.81. The first-order chi connectivity index (χ1) is 16.3. The minimum Gasteiger partial charge on any atom is -0.264 e. The molecule has 0 unspecified atom stereocenters. The first kappa shape index (κ1) is 18.4. The van der Waals surface area contributed by atoms with Gasteiger partial charge < -0.3 is 0 Å². The predicted octanol–water partition coefficient (Wildman–Crippen LogP) is 8.68. The smallest absolute Gasteiger partial charge is 0.0353 e. The monoisotopic (exact) mass is 419 g/mol. The van der Waals surface area contributed by atoms with Gasteiger partial charge in [0.2, 0.25) is 0 Å². The van der Waals surface area contributed by atoms with E-state index in [9.17, 15) is 0 Å². The zero-order chi connectivity index (χ0) is 21.9. The highest BCUT2D eigenvalue weighted by molar-refractivity contribution is 6.27. The van der Waals surface area contributed by atoms with E-state index in [1.54, 1.807) is 0 Å². The van der Waals surface area contributed by atoms with Crippen LogP contribution in [-0.2, 0) is 0 Å². The molecule has 1 heteroatoms. The predicted molar refractivity (Wildman–Crippen MR) is 139 cm³/mol. The molecule has 5 aromatic carbocycles. The number of nitrogens with zero attached hydrogens (tertiary/aromatic N) is 1. The molecule has 0 amide bonds. The fourth-order valence-corrected chi connectivity index (χ4v) is 5.65. The lowest BCUT2D eigenvalue weighted by atomic mass is 9.83. The van der Waals surface area contributed by atoms with Crippen molar-refractivity contribution in [2.75, 3.05) is 0 Å². The molecule has 7 rings (SSSR count). The molecule has 154 valence electrons. The zero-order valence-electron chi connectivity index (χ0n) is 18.3. The van der Waals surface area contributed by atoms with E-state index in [0.29, 0.717) is 0 Å². The molecule has 1 heterocycles. The van der Waals surface area contributed by atoms with Gasteiger partial charge in [-0.1, -0.05) is 91.0 Å². The summed E-state index contributed by atoms with van der Waals surface area (Å²) in [6.45, 7) is 2.21. The Morgan fingerprint density at radius 3 is 1.82 bits per heavy atom. The van der Waals surface area contributed by atoms with Gasteiger partial charge in [0.25, 0.3) is 0 Å². The van der Waals surface area contributed by atoms with Crippen LogP contribution >= 0.6 is 0 Å². The largest absolute Gasteiger partial charge is 0.264 e. The van der Waals surface area contributed by atoms with E-state index in [1.165, 1.54) is 71.6 Å². The SMILES string of the molecule is Cc1ccc2c3c(cccc13)-c1c-2c(-c2ccccc2)c2ccncc2c1-c1ccccc1. The van der Waals surface area contributed by atoms with Crippen molar-refractivity contribution in [3.05, 3.63) is 115 Å². The number of hydrogen-bond donors (Lipinski definition) is 0. The minimum atomic E-state index is 1.20. The number of aromatic nitrogens is 1. The van der Waals surface area contributed by atoms with Crippen LogP contribution in [0.2, 0.25) is 0 Å². The summed E-state index contributed by atoms with van der Waals surface area (Å²) in [7, 11) is 0. The van der Waals surface area contributed by atoms with E-state index in [1.807, 2.05) is 12.4 Å². The quantitative estimate of drug-likeness (QED) is 0.273. The number of hydrogen-bond acceptors (Lipinski definition) is 1. The number of aryl methyl sites for hydroxylation is 1. The first-order valence-electron chi connectivity index (χ1n) is 11.4. The van der Waals surface area contributed by atoms with Gasteiger partial charge in [-0.25, -0.2) is 0 Å². The van der Waals surface area contributed by atoms with E-state index >= 15 is 0 Å². The number of pyridine rings is 1. The fourth-order valence-electron chi connectivity index (χ4n) is 5.65. The van der Waals surface area contributed by atoms with Gasteiger partial charge in [-0.15, -0.1) is 0 Å². The lowest BCUT2D eigenvalue weighted by Crippen LogP contribution is -1.94. The molecule has 6 aromatic rings. The Balaban J connectivity index is 1.78. The molecule has 1 aromatic heterocycles. The molecule has 0 spiro atoms. The van der Waals surface area contributed by atoms with Crippen LogP contribution < -0.4 is 0 Å². The van der Waals surface area contributed by atoms with Crippen molar-refractivity contribution in [2.24, 2.45) is 0 Å². The van der Waals surface area contributed by atoms with Gasteiger partial charge in [-0.3, -0.25) is 4.98 Å². The molecule has 33 heavy (non-hydrogen) atoms. The molecule has 0 radical (unpaired) electrons. The maximum absolute atomic E-state index is 4.57. The Hall–Kier alpha value is -4.23. The van der Waals surface area contributed by atoms with Crippen molar-refractivity contribution in [2.45, 2.75) is 6.92 Å². The Labute approximate surface area is 193 Å². The van der Waals surface area contributed by atoms with Gasteiger partial charge in [-0.2, -0.15) is 0 Å². The maximum atomic E-state index is 4.57. The first-order valence-corrected chi connectivity index (χ1v) is 11.4. The molecule has 0 saturated carbocycles. The minimum absolute atomic E-state index is 1.20. The molecule has 0 bridgehead atoms. The van der Waals surface area contributed by atoms with Crippen LogP contribution in [0.25, 0.3) is 66.1 Å². The topological polar surface area (TPSA) is 12.9 Å². The van der Waals surface area contributed by atoms with Crippen LogP contribution in [-0.4, -0.2) is 4.98 Å². The van der Waals surface area contributed by atoms with Crippen LogP contribution in [0.15, 0.2) is 109 Å². The van der Waals surface area contributed by atoms with E-state index < -0.39 is 0 Å². The van der Waals surface area contributed by atoms with Gasteiger partial charge in [0, 0.05) is 17.8 Å². The lowest BCUT2D eigenvalue weighted by Gasteiger charge is -2.20. The molecule has 0 atom stereocenters. The summed E-state index contributed by atoms with van der Waals surface area (Å²) in [5.41, 5.74) is 11.7. The van der Waals surface area contributed by atoms with Crippen LogP contribution in [0.4, 0.5) is 0 Å². The summed E-state index contributed by atoms with van der Waals surface area (Å²) in [6, 6.07) is 35.1. The van der Waals surface area contributed by atoms with Crippen molar-refractivity contribution in [3.8, 4) is 44.5 Å². The number of benzene rings is 5. The molecule has 1 aliphatic rings. The van der Waals surface area contributed by atoms with Crippen LogP contribution in [0.5, 0.6) is 0 Å². The van der Waals surface area contributed by atoms with Crippen molar-refractivity contribution < 1.29 is 0 Å². The normalized spacial score (nSPS) is 11.8. The highest BCUT2D eigenvalue weighted by atomic mass is 14.6. The molecule has 0 fully saturated rings. The molecular weight excluding hydrogens is 398 g/mol. The summed E-state index contributed by atoms with van der Waals surface area (Å²) in [5, 5.41) is 5.14. The van der Waals surface area contributed by atoms with E-state index in [0.717, 1.165) is 0 Å². The summed E-state index contributed by atoms with van der Waals surface area (Å²) in [5.74, 6) is 0. The third-order valence-corrected chi connectivity index (χ3v) is 7.03. The Morgan fingerprint density at radius 2 is 1.12 bits per heavy atom. The average Bonchev–Trinajstić information content (AvgIpc) is 3.21. The zero-order valence-corrected chi connectivity index (χ0v) is 18.3. The molecule has 0 saturated heterocycles. The van der Waals surface area contributed by atoms with Crippen molar-refractivity contribution in [1.29, 1.82) is 0 Å². The van der Waals surface area contributed by atoms with Gasteiger partial charge >= 0.3 is 0 Å². The summed E-state index contributed by atoms with van der Waals surface area (Å²) in [4.78, 5) is 4.57. The van der Waals surface area contributed by atoms with E-state index in [2.05, 4.69) is 109 Å². The Bertz CT molecular complexity index is 1600. The van der Waals surface area contributed by atoms with Crippen LogP contribution in [0, 0.1) is 6.92 Å². The van der Waals surface area contributed by atoms with E-state index in [4.69, 9.17) is 0 Å². The van der Waals surface area contributed by atoms with Crippen molar-refractivity contribution >= 4 is 21.5 Å². The Kier molecular flexibility index (Phi) is 3.83. The standard InChI is InChI=1S/C32H21N/c1-20-15-16-26-30-23(20)13-8-14-25(30)31-29(22-11-6-3-7-12-22)27-19-33-18-17-24(27)28(32(26)31)21-9-4-2-5-10-21/h2-19H,1H3. The summed E-state index contributed by atoms with van der Waals surface area (Å²) in [6.07, 6.45) is 3.96. The van der Waals surface area contributed by atoms with Crippen LogP contribution in [0.3, 0.4) is 0 Å². The molecule has 0 N–H and O–H groups in total. The summed E-state index contributed by atoms with van der Waals surface area (Å²) >= 11 is 0. The Morgan fingerprint density at radius 1 is 0.485 bits per heavy atom. The average molecular weight is 420 g/mol. The van der Waals surface area contributed by atoms with Gasteiger partial charge in [0.1, 0.15) is 0 Å². The second kappa shape index (κ2) is 6.88. The lowest BCUT2D eigenvalue weighted by molar-refractivity contribution is 1.36. The molecule has 1 aliphatic carbocycles. The second-order valence-electron chi connectivity index (χ2n) is 8.81. The molecular formula is C32H21N. The fraction of sp³-hybridized carbons (Fsp3) is 0.0312. The summed E-state index contributed by atoms with van der Waals surface area (Å²) < 4.78 is 0. The number of fused-ring (bicyclic) bond motifs is 4. The van der Waals surface area contributed by atoms with Crippen molar-refractivity contribution in [1.82, 2.24) is 4.98 Å². The maximum Gasteiger partial charge on any atom is 0.0353 e. The van der Waals surface area contributed by atoms with Crippen LogP contribution in [0.1, 0.15) is 5.56 Å². The highest BCUT2D eigenvalue weighted by Gasteiger charge is 2.30. The third kappa shape index (κ3) is 2.51. The van der Waals surface area contributed by atoms with Gasteiger partial charge in [0.05, 0.1) is 0 Å². The number of rotatable bonds is 2.